The first-order chi connectivity index (χ1) is 5.61. The van der Waals surface area contributed by atoms with Crippen LogP contribution in [0.15, 0.2) is 5.38 Å². The monoisotopic (exact) mass is 208 g/mol. The minimum Gasteiger partial charge on any atom is -0.483 e. The second kappa shape index (κ2) is 5.50. The zero-order valence-electron chi connectivity index (χ0n) is 5.73. The Hall–Kier alpha value is -1.14. The van der Waals surface area contributed by atoms with E-state index in [-0.39, 0.29) is 12.2 Å². The summed E-state index contributed by atoms with van der Waals surface area (Å²) in [5, 5.41) is 8.41. The smallest absolute Gasteiger partial charge is 0.290 e. The first-order valence-corrected chi connectivity index (χ1v) is 3.86. The van der Waals surface area contributed by atoms with Gasteiger partial charge in [-0.05, 0) is 0 Å². The Morgan fingerprint density at radius 2 is 2.33 bits per heavy atom. The molecule has 7 heteroatoms. The summed E-state index contributed by atoms with van der Waals surface area (Å²) in [6.07, 6.45) is 0. The number of nitrogens with two attached hydrogens (primary N) is 1. The Bertz CT molecular complexity index is 275. The van der Waals surface area contributed by atoms with Crippen LogP contribution in [0.3, 0.4) is 0 Å². The highest BCUT2D eigenvalue weighted by atomic mass is 35.5. The Labute approximate surface area is 76.8 Å². The van der Waals surface area contributed by atoms with Crippen molar-refractivity contribution in [1.29, 1.82) is 0 Å². The second-order valence-electron chi connectivity index (χ2n) is 1.46. The summed E-state index contributed by atoms with van der Waals surface area (Å²) in [7, 11) is 0. The van der Waals surface area contributed by atoms with Gasteiger partial charge in [0.2, 0.25) is 0 Å². The van der Waals surface area contributed by atoms with Gasteiger partial charge in [0.1, 0.15) is 5.69 Å². The van der Waals surface area contributed by atoms with Crippen LogP contribution in [-0.2, 0) is 4.79 Å². The van der Waals surface area contributed by atoms with Gasteiger partial charge in [-0.15, -0.1) is 11.3 Å². The van der Waals surface area contributed by atoms with E-state index in [2.05, 4.69) is 4.98 Å². The second-order valence-corrected chi connectivity index (χ2v) is 2.90. The molecule has 0 aliphatic heterocycles. The van der Waals surface area contributed by atoms with Crippen LogP contribution in [0.1, 0.15) is 10.5 Å². The van der Waals surface area contributed by atoms with E-state index in [9.17, 15) is 4.79 Å². The lowest BCUT2D eigenvalue weighted by molar-refractivity contribution is -0.122. The maximum Gasteiger partial charge on any atom is 0.290 e. The number of hydrogen-bond donors (Lipinski definition) is 2. The topological polar surface area (TPSA) is 93.3 Å². The van der Waals surface area contributed by atoms with Gasteiger partial charge < -0.3 is 10.8 Å². The fraction of sp³-hybridized carbons (Fsp3) is 0. The lowest BCUT2D eigenvalue weighted by atomic mass is 10.5. The first-order valence-electron chi connectivity index (χ1n) is 2.60. The number of thiazole rings is 1. The summed E-state index contributed by atoms with van der Waals surface area (Å²) in [5.41, 5.74) is 5.10. The Morgan fingerprint density at radius 3 is 2.50 bits per heavy atom. The summed E-state index contributed by atoms with van der Waals surface area (Å²) < 4.78 is 0.337. The van der Waals surface area contributed by atoms with Gasteiger partial charge in [-0.3, -0.25) is 9.59 Å². The predicted octanol–water partition coefficient (Wildman–Crippen LogP) is 0.596. The molecule has 0 saturated carbocycles. The Morgan fingerprint density at radius 1 is 1.83 bits per heavy atom. The molecule has 0 aromatic carbocycles. The van der Waals surface area contributed by atoms with Gasteiger partial charge in [0, 0.05) is 5.38 Å². The number of carbonyl (C=O) groups excluding carboxylic acids is 1. The molecule has 0 atom stereocenters. The summed E-state index contributed by atoms with van der Waals surface area (Å²) in [5.74, 6) is -0.543. The van der Waals surface area contributed by atoms with Gasteiger partial charge in [-0.25, -0.2) is 4.98 Å². The van der Waals surface area contributed by atoms with E-state index in [4.69, 9.17) is 27.2 Å². The molecule has 0 aliphatic rings. The van der Waals surface area contributed by atoms with Crippen LogP contribution < -0.4 is 5.73 Å². The SMILES string of the molecule is NC(=O)c1csc(Cl)n1.O=CO. The minimum atomic E-state index is -0.543. The largest absolute Gasteiger partial charge is 0.483 e. The van der Waals surface area contributed by atoms with Crippen molar-refractivity contribution in [3.63, 3.8) is 0 Å². The zero-order valence-corrected chi connectivity index (χ0v) is 7.30. The number of carboxylic acid groups (broad SMARTS) is 1. The van der Waals surface area contributed by atoms with E-state index < -0.39 is 5.91 Å². The molecule has 0 aliphatic carbocycles. The van der Waals surface area contributed by atoms with Crippen LogP contribution >= 0.6 is 22.9 Å². The van der Waals surface area contributed by atoms with E-state index in [0.717, 1.165) is 0 Å². The fourth-order valence-electron chi connectivity index (χ4n) is 0.365. The number of rotatable bonds is 1. The van der Waals surface area contributed by atoms with Crippen molar-refractivity contribution in [1.82, 2.24) is 4.98 Å². The third-order valence-corrected chi connectivity index (χ3v) is 1.71. The summed E-state index contributed by atoms with van der Waals surface area (Å²) in [4.78, 5) is 22.3. The molecular weight excluding hydrogens is 204 g/mol. The van der Waals surface area contributed by atoms with Crippen molar-refractivity contribution in [2.45, 2.75) is 0 Å². The minimum absolute atomic E-state index is 0.227. The van der Waals surface area contributed by atoms with Gasteiger partial charge in [0.05, 0.1) is 0 Å². The molecule has 0 radical (unpaired) electrons. The number of primary amides is 1. The standard InChI is InChI=1S/C4H3ClN2OS.CH2O2/c5-4-7-2(1-9-4)3(6)8;2-1-3/h1H,(H2,6,8);1H,(H,2,3). The molecule has 1 heterocycles. The number of aromatic nitrogens is 1. The van der Waals surface area contributed by atoms with E-state index in [1.807, 2.05) is 0 Å². The third kappa shape index (κ3) is 3.89. The highest BCUT2D eigenvalue weighted by Gasteiger charge is 2.03. The maximum atomic E-state index is 10.3. The van der Waals surface area contributed by atoms with E-state index in [1.165, 1.54) is 16.7 Å². The highest BCUT2D eigenvalue weighted by molar-refractivity contribution is 7.14. The van der Waals surface area contributed by atoms with E-state index in [0.29, 0.717) is 4.47 Å². The van der Waals surface area contributed by atoms with Gasteiger partial charge in [0.25, 0.3) is 12.4 Å². The van der Waals surface area contributed by atoms with Crippen molar-refractivity contribution >= 4 is 35.3 Å². The Balaban J connectivity index is 0.000000354. The average molecular weight is 209 g/mol. The number of carbonyl (C=O) groups is 2. The lowest BCUT2D eigenvalue weighted by Crippen LogP contribution is -2.10. The van der Waals surface area contributed by atoms with Gasteiger partial charge in [-0.2, -0.15) is 0 Å². The molecule has 12 heavy (non-hydrogen) atoms. The molecular formula is C5H5ClN2O3S. The van der Waals surface area contributed by atoms with Crippen LogP contribution in [0.25, 0.3) is 0 Å². The van der Waals surface area contributed by atoms with Crippen LogP contribution in [0.4, 0.5) is 0 Å². The molecule has 3 N–H and O–H groups in total. The molecule has 66 valence electrons. The van der Waals surface area contributed by atoms with Crippen molar-refractivity contribution in [3.8, 4) is 0 Å². The number of halogens is 1. The van der Waals surface area contributed by atoms with Gasteiger partial charge in [0.15, 0.2) is 4.47 Å². The Kier molecular flexibility index (Phi) is 4.98. The van der Waals surface area contributed by atoms with Crippen molar-refractivity contribution in [3.05, 3.63) is 15.5 Å². The quantitative estimate of drug-likeness (QED) is 0.661. The van der Waals surface area contributed by atoms with Gasteiger partial charge in [-0.1, -0.05) is 11.6 Å². The molecule has 1 aromatic rings. The maximum absolute atomic E-state index is 10.3. The summed E-state index contributed by atoms with van der Waals surface area (Å²) >= 11 is 6.59. The van der Waals surface area contributed by atoms with Crippen LogP contribution in [-0.4, -0.2) is 22.5 Å². The molecule has 1 rings (SSSR count). The van der Waals surface area contributed by atoms with E-state index in [1.54, 1.807) is 0 Å². The normalized spacial score (nSPS) is 8.08. The van der Waals surface area contributed by atoms with Crippen molar-refractivity contribution < 1.29 is 14.7 Å². The molecule has 5 nitrogen and oxygen atoms in total. The molecule has 0 spiro atoms. The summed E-state index contributed by atoms with van der Waals surface area (Å²) in [6, 6.07) is 0. The van der Waals surface area contributed by atoms with Crippen molar-refractivity contribution in [2.24, 2.45) is 5.73 Å². The van der Waals surface area contributed by atoms with E-state index >= 15 is 0 Å². The lowest BCUT2D eigenvalue weighted by Gasteiger charge is -1.79. The zero-order chi connectivity index (χ0) is 9.56. The molecule has 1 amide bonds. The highest BCUT2D eigenvalue weighted by Crippen LogP contribution is 2.13. The average Bonchev–Trinajstić information content (AvgIpc) is 2.37. The molecule has 0 fully saturated rings. The van der Waals surface area contributed by atoms with Crippen molar-refractivity contribution in [2.75, 3.05) is 0 Å². The molecule has 0 bridgehead atoms. The van der Waals surface area contributed by atoms with Gasteiger partial charge >= 0.3 is 0 Å². The third-order valence-electron chi connectivity index (χ3n) is 0.729. The number of nitrogens with zero attached hydrogens (tertiary/aromatic N) is 1. The first kappa shape index (κ1) is 10.9. The molecule has 1 aromatic heterocycles. The number of amides is 1. The fourth-order valence-corrected chi connectivity index (χ4v) is 1.12. The predicted molar refractivity (Wildman–Crippen MR) is 44.3 cm³/mol. The number of hydrogen-bond acceptors (Lipinski definition) is 4. The summed E-state index contributed by atoms with van der Waals surface area (Å²) in [6.45, 7) is -0.250. The van der Waals surface area contributed by atoms with Crippen LogP contribution in [0.2, 0.25) is 4.47 Å². The van der Waals surface area contributed by atoms with Crippen LogP contribution in [0, 0.1) is 0 Å². The molecule has 0 saturated heterocycles. The van der Waals surface area contributed by atoms with Crippen LogP contribution in [0.5, 0.6) is 0 Å². The molecule has 0 unspecified atom stereocenters.